The molecule has 1 saturated carbocycles. The maximum absolute atomic E-state index is 4.85. The minimum absolute atomic E-state index is 0.713. The van der Waals surface area contributed by atoms with Crippen LogP contribution in [0.3, 0.4) is 0 Å². The SMILES string of the molecule is CCc1nc(CSC2CCCC2)sc1CNCC(C)C. The van der Waals surface area contributed by atoms with Crippen LogP contribution in [0.2, 0.25) is 0 Å². The molecule has 1 aliphatic rings. The molecular weight excluding hydrogens is 284 g/mol. The van der Waals surface area contributed by atoms with Gasteiger partial charge in [0.2, 0.25) is 0 Å². The van der Waals surface area contributed by atoms with Crippen LogP contribution in [-0.2, 0) is 18.7 Å². The van der Waals surface area contributed by atoms with E-state index in [1.54, 1.807) is 0 Å². The second-order valence-corrected chi connectivity index (χ2v) is 8.53. The molecule has 0 atom stereocenters. The van der Waals surface area contributed by atoms with Gasteiger partial charge in [0, 0.05) is 22.4 Å². The van der Waals surface area contributed by atoms with E-state index in [9.17, 15) is 0 Å². The van der Waals surface area contributed by atoms with Crippen molar-refractivity contribution in [2.45, 2.75) is 70.4 Å². The van der Waals surface area contributed by atoms with E-state index in [1.807, 2.05) is 11.3 Å². The van der Waals surface area contributed by atoms with Crippen LogP contribution >= 0.6 is 23.1 Å². The Kier molecular flexibility index (Phi) is 6.85. The standard InChI is InChI=1S/C16H28N2S2/c1-4-14-15(10-17-9-12(2)3)20-16(18-14)11-19-13-7-5-6-8-13/h12-13,17H,4-11H2,1-3H3. The van der Waals surface area contributed by atoms with E-state index >= 15 is 0 Å². The number of nitrogens with zero attached hydrogens (tertiary/aromatic N) is 1. The molecule has 0 aromatic carbocycles. The Morgan fingerprint density at radius 1 is 1.35 bits per heavy atom. The average Bonchev–Trinajstić information content (AvgIpc) is 3.04. The van der Waals surface area contributed by atoms with Gasteiger partial charge in [-0.05, 0) is 31.7 Å². The molecular formula is C16H28N2S2. The topological polar surface area (TPSA) is 24.9 Å². The maximum atomic E-state index is 4.85. The highest BCUT2D eigenvalue weighted by Gasteiger charge is 2.17. The van der Waals surface area contributed by atoms with E-state index in [4.69, 9.17) is 4.98 Å². The van der Waals surface area contributed by atoms with Gasteiger partial charge in [0.1, 0.15) is 5.01 Å². The Balaban J connectivity index is 1.84. The smallest absolute Gasteiger partial charge is 0.103 e. The first-order chi connectivity index (χ1) is 9.69. The molecule has 0 saturated heterocycles. The summed E-state index contributed by atoms with van der Waals surface area (Å²) in [5.74, 6) is 1.83. The number of thiazole rings is 1. The Labute approximate surface area is 132 Å². The zero-order valence-electron chi connectivity index (χ0n) is 13.1. The van der Waals surface area contributed by atoms with E-state index in [1.165, 1.54) is 41.3 Å². The van der Waals surface area contributed by atoms with E-state index in [2.05, 4.69) is 37.8 Å². The van der Waals surface area contributed by atoms with Crippen LogP contribution in [0.5, 0.6) is 0 Å². The first kappa shape index (κ1) is 16.3. The van der Waals surface area contributed by atoms with Crippen molar-refractivity contribution in [3.63, 3.8) is 0 Å². The number of aromatic nitrogens is 1. The van der Waals surface area contributed by atoms with Gasteiger partial charge < -0.3 is 5.32 Å². The molecule has 1 fully saturated rings. The molecule has 0 unspecified atom stereocenters. The van der Waals surface area contributed by atoms with Crippen molar-refractivity contribution in [2.24, 2.45) is 5.92 Å². The van der Waals surface area contributed by atoms with Gasteiger partial charge in [0.25, 0.3) is 0 Å². The van der Waals surface area contributed by atoms with Gasteiger partial charge in [-0.1, -0.05) is 33.6 Å². The highest BCUT2D eigenvalue weighted by atomic mass is 32.2. The Bertz CT molecular complexity index is 395. The lowest BCUT2D eigenvalue weighted by atomic mass is 10.2. The van der Waals surface area contributed by atoms with Crippen molar-refractivity contribution in [3.8, 4) is 0 Å². The minimum atomic E-state index is 0.713. The fourth-order valence-electron chi connectivity index (χ4n) is 2.63. The fraction of sp³-hybridized carbons (Fsp3) is 0.812. The summed E-state index contributed by atoms with van der Waals surface area (Å²) >= 11 is 4.05. The van der Waals surface area contributed by atoms with Crippen molar-refractivity contribution in [2.75, 3.05) is 6.54 Å². The highest BCUT2D eigenvalue weighted by Crippen LogP contribution is 2.33. The molecule has 0 spiro atoms. The van der Waals surface area contributed by atoms with Gasteiger partial charge in [-0.15, -0.1) is 11.3 Å². The Hall–Kier alpha value is -0.0600. The van der Waals surface area contributed by atoms with Crippen LogP contribution in [-0.4, -0.2) is 16.8 Å². The van der Waals surface area contributed by atoms with Crippen LogP contribution in [0, 0.1) is 5.92 Å². The van der Waals surface area contributed by atoms with Crippen LogP contribution in [0.1, 0.15) is 62.0 Å². The predicted molar refractivity (Wildman–Crippen MR) is 91.6 cm³/mol. The molecule has 0 aliphatic heterocycles. The summed E-state index contributed by atoms with van der Waals surface area (Å²) in [5.41, 5.74) is 1.31. The first-order valence-corrected chi connectivity index (χ1v) is 9.85. The average molecular weight is 313 g/mol. The molecule has 0 amide bonds. The van der Waals surface area contributed by atoms with E-state index in [-0.39, 0.29) is 0 Å². The second-order valence-electron chi connectivity index (χ2n) is 6.07. The van der Waals surface area contributed by atoms with Gasteiger partial charge >= 0.3 is 0 Å². The van der Waals surface area contributed by atoms with Gasteiger partial charge in [-0.3, -0.25) is 0 Å². The predicted octanol–water partition coefficient (Wildman–Crippen LogP) is 4.63. The normalized spacial score (nSPS) is 16.4. The molecule has 1 aliphatic carbocycles. The summed E-state index contributed by atoms with van der Waals surface area (Å²) in [4.78, 5) is 6.30. The summed E-state index contributed by atoms with van der Waals surface area (Å²) in [7, 11) is 0. The molecule has 0 bridgehead atoms. The third kappa shape index (κ3) is 5.05. The Morgan fingerprint density at radius 3 is 2.75 bits per heavy atom. The third-order valence-electron chi connectivity index (χ3n) is 3.74. The monoisotopic (exact) mass is 312 g/mol. The fourth-order valence-corrected chi connectivity index (χ4v) is 5.10. The molecule has 4 heteroatoms. The van der Waals surface area contributed by atoms with Crippen molar-refractivity contribution in [1.29, 1.82) is 0 Å². The summed E-state index contributed by atoms with van der Waals surface area (Å²) in [6.45, 7) is 8.81. The second kappa shape index (κ2) is 8.40. The van der Waals surface area contributed by atoms with Gasteiger partial charge in [0.15, 0.2) is 0 Å². The largest absolute Gasteiger partial charge is 0.312 e. The maximum Gasteiger partial charge on any atom is 0.103 e. The number of hydrogen-bond donors (Lipinski definition) is 1. The molecule has 114 valence electrons. The number of thioether (sulfide) groups is 1. The quantitative estimate of drug-likeness (QED) is 0.757. The van der Waals surface area contributed by atoms with Crippen LogP contribution < -0.4 is 5.32 Å². The van der Waals surface area contributed by atoms with Crippen LogP contribution in [0.4, 0.5) is 0 Å². The number of hydrogen-bond acceptors (Lipinski definition) is 4. The minimum Gasteiger partial charge on any atom is -0.312 e. The summed E-state index contributed by atoms with van der Waals surface area (Å²) in [5, 5.41) is 5.78. The molecule has 0 radical (unpaired) electrons. The molecule has 1 N–H and O–H groups in total. The van der Waals surface area contributed by atoms with Gasteiger partial charge in [-0.2, -0.15) is 11.8 Å². The summed E-state index contributed by atoms with van der Waals surface area (Å²) in [6, 6.07) is 0. The van der Waals surface area contributed by atoms with Crippen molar-refractivity contribution in [1.82, 2.24) is 10.3 Å². The zero-order valence-corrected chi connectivity index (χ0v) is 14.7. The highest BCUT2D eigenvalue weighted by molar-refractivity contribution is 7.99. The van der Waals surface area contributed by atoms with Gasteiger partial charge in [-0.25, -0.2) is 4.98 Å². The summed E-state index contributed by atoms with van der Waals surface area (Å²) < 4.78 is 0. The number of nitrogens with one attached hydrogen (secondary N) is 1. The molecule has 1 aromatic rings. The Morgan fingerprint density at radius 2 is 2.10 bits per heavy atom. The van der Waals surface area contributed by atoms with Gasteiger partial charge in [0.05, 0.1) is 5.69 Å². The first-order valence-electron chi connectivity index (χ1n) is 7.98. The molecule has 2 rings (SSSR count). The lowest BCUT2D eigenvalue weighted by Crippen LogP contribution is -2.18. The van der Waals surface area contributed by atoms with Crippen molar-refractivity contribution in [3.05, 3.63) is 15.6 Å². The lowest BCUT2D eigenvalue weighted by molar-refractivity contribution is 0.553. The van der Waals surface area contributed by atoms with E-state index in [0.717, 1.165) is 30.5 Å². The number of rotatable bonds is 8. The van der Waals surface area contributed by atoms with E-state index < -0.39 is 0 Å². The molecule has 1 aromatic heterocycles. The van der Waals surface area contributed by atoms with Crippen LogP contribution in [0.25, 0.3) is 0 Å². The van der Waals surface area contributed by atoms with Crippen molar-refractivity contribution >= 4 is 23.1 Å². The lowest BCUT2D eigenvalue weighted by Gasteiger charge is -2.06. The number of aryl methyl sites for hydroxylation is 1. The molecule has 20 heavy (non-hydrogen) atoms. The zero-order chi connectivity index (χ0) is 14.4. The molecule has 2 nitrogen and oxygen atoms in total. The van der Waals surface area contributed by atoms with Crippen molar-refractivity contribution < 1.29 is 0 Å². The van der Waals surface area contributed by atoms with Crippen LogP contribution in [0.15, 0.2) is 0 Å². The molecule has 1 heterocycles. The summed E-state index contributed by atoms with van der Waals surface area (Å²) in [6.07, 6.45) is 6.75. The third-order valence-corrected chi connectivity index (χ3v) is 6.40. The van der Waals surface area contributed by atoms with E-state index in [0.29, 0.717) is 5.92 Å².